The fourth-order valence-electron chi connectivity index (χ4n) is 3.59. The molecule has 1 N–H and O–H groups in total. The van der Waals surface area contributed by atoms with Crippen LogP contribution in [-0.2, 0) is 16.6 Å². The van der Waals surface area contributed by atoms with Crippen LogP contribution in [0, 0.1) is 5.92 Å². The summed E-state index contributed by atoms with van der Waals surface area (Å²) in [6.45, 7) is 9.01. The molecule has 182 valence electrons. The van der Waals surface area contributed by atoms with Crippen LogP contribution in [0.1, 0.15) is 69.3 Å². The van der Waals surface area contributed by atoms with Crippen LogP contribution in [0.5, 0.6) is 5.75 Å². The number of carbonyl (C=O) groups excluding carboxylic acids is 1. The Hall–Kier alpha value is -2.54. The van der Waals surface area contributed by atoms with Crippen LogP contribution in [0.25, 0.3) is 0 Å². The van der Waals surface area contributed by atoms with E-state index in [9.17, 15) is 13.2 Å². The maximum atomic E-state index is 12.5. The van der Waals surface area contributed by atoms with Crippen molar-refractivity contribution in [3.8, 4) is 5.75 Å². The third-order valence-corrected chi connectivity index (χ3v) is 6.66. The normalized spacial score (nSPS) is 12.4. The molecule has 2 aromatic rings. The van der Waals surface area contributed by atoms with E-state index in [0.717, 1.165) is 24.8 Å². The predicted molar refractivity (Wildman–Crippen MR) is 135 cm³/mol. The Kier molecular flexibility index (Phi) is 10.2. The summed E-state index contributed by atoms with van der Waals surface area (Å²) in [5.41, 5.74) is 1.90. The van der Waals surface area contributed by atoms with Gasteiger partial charge in [-0.05, 0) is 56.0 Å². The van der Waals surface area contributed by atoms with Gasteiger partial charge < -0.3 is 10.1 Å². The minimum atomic E-state index is -3.52. The molecule has 6 nitrogen and oxygen atoms in total. The van der Waals surface area contributed by atoms with Gasteiger partial charge in [0.1, 0.15) is 5.75 Å². The lowest BCUT2D eigenvalue weighted by Gasteiger charge is -2.23. The van der Waals surface area contributed by atoms with Crippen molar-refractivity contribution < 1.29 is 17.9 Å². The first-order chi connectivity index (χ1) is 15.6. The number of unbranched alkanes of at least 4 members (excludes halogenated alkanes) is 1. The molecule has 0 aromatic heterocycles. The van der Waals surface area contributed by atoms with Crippen LogP contribution in [0.4, 0.5) is 5.69 Å². The summed E-state index contributed by atoms with van der Waals surface area (Å²) in [5.74, 6) is 1.01. The minimum Gasteiger partial charge on any atom is -0.491 e. The van der Waals surface area contributed by atoms with E-state index in [1.165, 1.54) is 17.0 Å². The SMILES string of the molecule is CCCC[C@H](CC)CNC(=O)c1ccc(CN(c2cccc(OC(C)C)c2)S(C)(=O)=O)cc1. The molecule has 0 saturated heterocycles. The van der Waals surface area contributed by atoms with Crippen LogP contribution in [0.2, 0.25) is 0 Å². The van der Waals surface area contributed by atoms with Gasteiger partial charge in [-0.3, -0.25) is 9.10 Å². The van der Waals surface area contributed by atoms with Crippen molar-refractivity contribution in [2.24, 2.45) is 5.92 Å². The molecular weight excluding hydrogens is 436 g/mol. The van der Waals surface area contributed by atoms with Crippen LogP contribution in [0.15, 0.2) is 48.5 Å². The standard InChI is InChI=1S/C26H38N2O4S/c1-6-8-10-21(7-2)18-27-26(29)23-15-13-22(14-16-23)19-28(33(5,30)31)24-11-9-12-25(17-24)32-20(3)4/h9,11-17,20-21H,6-8,10,18-19H2,1-5H3,(H,27,29)/t21-/m0/s1. The number of anilines is 1. The number of rotatable bonds is 13. The molecule has 2 aromatic carbocycles. The molecule has 33 heavy (non-hydrogen) atoms. The number of hydrogen-bond acceptors (Lipinski definition) is 4. The summed E-state index contributed by atoms with van der Waals surface area (Å²) in [7, 11) is -3.52. The quantitative estimate of drug-likeness (QED) is 0.422. The third-order valence-electron chi connectivity index (χ3n) is 5.51. The Bertz CT molecular complexity index is 988. The topological polar surface area (TPSA) is 75.7 Å². The molecular formula is C26H38N2O4S. The molecule has 0 saturated carbocycles. The Balaban J connectivity index is 2.10. The third kappa shape index (κ3) is 8.72. The molecule has 2 rings (SSSR count). The van der Waals surface area contributed by atoms with Gasteiger partial charge in [0, 0.05) is 18.2 Å². The van der Waals surface area contributed by atoms with Gasteiger partial charge in [-0.2, -0.15) is 0 Å². The summed E-state index contributed by atoms with van der Waals surface area (Å²) in [6, 6.07) is 14.2. The zero-order valence-corrected chi connectivity index (χ0v) is 21.3. The van der Waals surface area contributed by atoms with Crippen molar-refractivity contribution in [2.45, 2.75) is 66.0 Å². The first-order valence-electron chi connectivity index (χ1n) is 11.8. The van der Waals surface area contributed by atoms with E-state index < -0.39 is 10.0 Å². The average Bonchev–Trinajstić information content (AvgIpc) is 2.76. The zero-order valence-electron chi connectivity index (χ0n) is 20.5. The van der Waals surface area contributed by atoms with E-state index in [1.54, 1.807) is 42.5 Å². The first kappa shape index (κ1) is 26.7. The number of carbonyl (C=O) groups is 1. The number of nitrogens with zero attached hydrogens (tertiary/aromatic N) is 1. The van der Waals surface area contributed by atoms with Gasteiger partial charge in [-0.15, -0.1) is 0 Å². The number of hydrogen-bond donors (Lipinski definition) is 1. The fourth-order valence-corrected chi connectivity index (χ4v) is 4.47. The van der Waals surface area contributed by atoms with Crippen molar-refractivity contribution in [3.63, 3.8) is 0 Å². The number of sulfonamides is 1. The summed E-state index contributed by atoms with van der Waals surface area (Å²) in [5, 5.41) is 3.03. The number of nitrogens with one attached hydrogen (secondary N) is 1. The molecule has 0 aliphatic carbocycles. The molecule has 0 heterocycles. The Morgan fingerprint density at radius 2 is 1.79 bits per heavy atom. The van der Waals surface area contributed by atoms with E-state index in [2.05, 4.69) is 19.2 Å². The maximum absolute atomic E-state index is 12.5. The van der Waals surface area contributed by atoms with Gasteiger partial charge in [0.2, 0.25) is 10.0 Å². The highest BCUT2D eigenvalue weighted by Gasteiger charge is 2.19. The lowest BCUT2D eigenvalue weighted by molar-refractivity contribution is 0.0945. The fraction of sp³-hybridized carbons (Fsp3) is 0.500. The van der Waals surface area contributed by atoms with Crippen LogP contribution < -0.4 is 14.4 Å². The van der Waals surface area contributed by atoms with Gasteiger partial charge in [0.15, 0.2) is 0 Å². The predicted octanol–water partition coefficient (Wildman–Crippen LogP) is 5.39. The minimum absolute atomic E-state index is 0.00938. The summed E-state index contributed by atoms with van der Waals surface area (Å²) >= 11 is 0. The molecule has 0 spiro atoms. The zero-order chi connectivity index (χ0) is 24.4. The van der Waals surface area contributed by atoms with E-state index in [1.807, 2.05) is 19.9 Å². The molecule has 0 aliphatic rings. The van der Waals surface area contributed by atoms with Crippen molar-refractivity contribution in [1.82, 2.24) is 5.32 Å². The number of amides is 1. The Morgan fingerprint density at radius 3 is 2.36 bits per heavy atom. The maximum Gasteiger partial charge on any atom is 0.251 e. The van der Waals surface area contributed by atoms with Crippen molar-refractivity contribution in [3.05, 3.63) is 59.7 Å². The van der Waals surface area contributed by atoms with E-state index in [4.69, 9.17) is 4.74 Å². The first-order valence-corrected chi connectivity index (χ1v) is 13.6. The highest BCUT2D eigenvalue weighted by Crippen LogP contribution is 2.26. The van der Waals surface area contributed by atoms with E-state index >= 15 is 0 Å². The van der Waals surface area contributed by atoms with Crippen molar-refractivity contribution in [2.75, 3.05) is 17.1 Å². The number of benzene rings is 2. The van der Waals surface area contributed by atoms with Crippen LogP contribution in [-0.4, -0.2) is 33.2 Å². The van der Waals surface area contributed by atoms with Crippen LogP contribution >= 0.6 is 0 Å². The van der Waals surface area contributed by atoms with Crippen molar-refractivity contribution >= 4 is 21.6 Å². The monoisotopic (exact) mass is 474 g/mol. The van der Waals surface area contributed by atoms with E-state index in [0.29, 0.717) is 29.5 Å². The summed E-state index contributed by atoms with van der Waals surface area (Å²) in [4.78, 5) is 12.5. The largest absolute Gasteiger partial charge is 0.491 e. The van der Waals surface area contributed by atoms with Crippen molar-refractivity contribution in [1.29, 1.82) is 0 Å². The summed E-state index contributed by atoms with van der Waals surface area (Å²) in [6.07, 6.45) is 5.68. The average molecular weight is 475 g/mol. The molecule has 0 fully saturated rings. The molecule has 7 heteroatoms. The highest BCUT2D eigenvalue weighted by atomic mass is 32.2. The van der Waals surface area contributed by atoms with Gasteiger partial charge in [-0.25, -0.2) is 8.42 Å². The van der Waals surface area contributed by atoms with Gasteiger partial charge in [-0.1, -0.05) is 51.3 Å². The molecule has 0 unspecified atom stereocenters. The van der Waals surface area contributed by atoms with Gasteiger partial charge in [0.05, 0.1) is 24.6 Å². The van der Waals surface area contributed by atoms with Gasteiger partial charge in [0.25, 0.3) is 5.91 Å². The summed E-state index contributed by atoms with van der Waals surface area (Å²) < 4.78 is 32.1. The second-order valence-electron chi connectivity index (χ2n) is 8.76. The molecule has 1 amide bonds. The Morgan fingerprint density at radius 1 is 1.09 bits per heavy atom. The second-order valence-corrected chi connectivity index (χ2v) is 10.7. The molecule has 0 aliphatic heterocycles. The Labute approximate surface area is 199 Å². The van der Waals surface area contributed by atoms with E-state index in [-0.39, 0.29) is 18.6 Å². The number of ether oxygens (including phenoxy) is 1. The van der Waals surface area contributed by atoms with Crippen LogP contribution in [0.3, 0.4) is 0 Å². The molecule has 0 bridgehead atoms. The van der Waals surface area contributed by atoms with Gasteiger partial charge >= 0.3 is 0 Å². The lowest BCUT2D eigenvalue weighted by atomic mass is 9.99. The lowest BCUT2D eigenvalue weighted by Crippen LogP contribution is -2.30. The highest BCUT2D eigenvalue weighted by molar-refractivity contribution is 7.92. The molecule has 1 atom stereocenters. The smallest absolute Gasteiger partial charge is 0.251 e. The second kappa shape index (κ2) is 12.6. The molecule has 0 radical (unpaired) electrons.